The lowest BCUT2D eigenvalue weighted by atomic mass is 10.1. The lowest BCUT2D eigenvalue weighted by molar-refractivity contribution is -0.384. The number of hydrogen-bond donors (Lipinski definition) is 0. The van der Waals surface area contributed by atoms with Crippen LogP contribution in [-0.4, -0.2) is 9.49 Å². The average molecular weight is 383 g/mol. The van der Waals surface area contributed by atoms with Crippen molar-refractivity contribution < 1.29 is 18.1 Å². The molecule has 1 heterocycles. The second-order valence-corrected chi connectivity index (χ2v) is 5.83. The van der Waals surface area contributed by atoms with Gasteiger partial charge in [0, 0.05) is 29.7 Å². The molecule has 0 N–H and O–H groups in total. The minimum Gasteiger partial charge on any atom is -0.317 e. The number of rotatable bonds is 4. The van der Waals surface area contributed by atoms with Crippen LogP contribution < -0.4 is 0 Å². The Labute approximate surface area is 157 Å². The first-order chi connectivity index (χ1) is 13.3. The van der Waals surface area contributed by atoms with Crippen LogP contribution in [0.25, 0.3) is 17.3 Å². The van der Waals surface area contributed by atoms with Gasteiger partial charge < -0.3 is 4.57 Å². The van der Waals surface area contributed by atoms with Crippen LogP contribution in [-0.2, 0) is 6.18 Å². The van der Waals surface area contributed by atoms with E-state index in [-0.39, 0.29) is 16.9 Å². The van der Waals surface area contributed by atoms with Gasteiger partial charge in [0.05, 0.1) is 22.1 Å². The number of alkyl halides is 3. The summed E-state index contributed by atoms with van der Waals surface area (Å²) in [6.07, 6.45) is -1.43. The van der Waals surface area contributed by atoms with Gasteiger partial charge in [-0.15, -0.1) is 0 Å². The Balaban J connectivity index is 2.05. The van der Waals surface area contributed by atoms with Gasteiger partial charge in [-0.2, -0.15) is 18.4 Å². The molecular weight excluding hydrogens is 371 g/mol. The molecule has 0 atom stereocenters. The highest BCUT2D eigenvalue weighted by Gasteiger charge is 2.30. The standard InChI is InChI=1S/C20H12F3N3O2/c21-20(22,23)16-5-2-6-18(12-16)25-9-3-8-17(25)11-15(13-24)14-4-1-7-19(10-14)26(27)28/h1-12H. The molecule has 2 aromatic carbocycles. The van der Waals surface area contributed by atoms with Crippen molar-refractivity contribution >= 4 is 17.3 Å². The van der Waals surface area contributed by atoms with Crippen molar-refractivity contribution in [1.29, 1.82) is 5.26 Å². The Hall–Kier alpha value is -3.86. The fourth-order valence-corrected chi connectivity index (χ4v) is 2.69. The maximum Gasteiger partial charge on any atom is 0.416 e. The summed E-state index contributed by atoms with van der Waals surface area (Å²) in [6.45, 7) is 0. The van der Waals surface area contributed by atoms with E-state index in [4.69, 9.17) is 0 Å². The topological polar surface area (TPSA) is 71.9 Å². The van der Waals surface area contributed by atoms with Gasteiger partial charge in [0.2, 0.25) is 0 Å². The van der Waals surface area contributed by atoms with Crippen LogP contribution in [0, 0.1) is 21.4 Å². The monoisotopic (exact) mass is 383 g/mol. The lowest BCUT2D eigenvalue weighted by Crippen LogP contribution is -2.06. The molecule has 3 rings (SSSR count). The molecule has 0 aliphatic carbocycles. The van der Waals surface area contributed by atoms with E-state index < -0.39 is 16.7 Å². The van der Waals surface area contributed by atoms with Crippen molar-refractivity contribution in [2.75, 3.05) is 0 Å². The molecule has 0 aliphatic rings. The van der Waals surface area contributed by atoms with Crippen LogP contribution in [0.3, 0.4) is 0 Å². The Bertz CT molecular complexity index is 1110. The third-order valence-corrected chi connectivity index (χ3v) is 4.01. The largest absolute Gasteiger partial charge is 0.416 e. The third kappa shape index (κ3) is 3.94. The van der Waals surface area contributed by atoms with E-state index in [9.17, 15) is 28.5 Å². The number of aromatic nitrogens is 1. The number of benzene rings is 2. The maximum absolute atomic E-state index is 13.0. The van der Waals surface area contributed by atoms with E-state index >= 15 is 0 Å². The zero-order valence-corrected chi connectivity index (χ0v) is 14.2. The predicted octanol–water partition coefficient (Wildman–Crippen LogP) is 5.47. The van der Waals surface area contributed by atoms with Gasteiger partial charge in [-0.3, -0.25) is 10.1 Å². The van der Waals surface area contributed by atoms with E-state index in [1.54, 1.807) is 24.4 Å². The maximum atomic E-state index is 13.0. The van der Waals surface area contributed by atoms with Gasteiger partial charge in [0.15, 0.2) is 0 Å². The summed E-state index contributed by atoms with van der Waals surface area (Å²) in [7, 11) is 0. The number of allylic oxidation sites excluding steroid dienone is 1. The minimum atomic E-state index is -4.47. The van der Waals surface area contributed by atoms with Gasteiger partial charge in [0.1, 0.15) is 0 Å². The summed E-state index contributed by atoms with van der Waals surface area (Å²) in [6, 6.07) is 15.7. The quantitative estimate of drug-likeness (QED) is 0.341. The van der Waals surface area contributed by atoms with E-state index in [0.29, 0.717) is 11.3 Å². The van der Waals surface area contributed by atoms with Gasteiger partial charge in [-0.1, -0.05) is 18.2 Å². The van der Waals surface area contributed by atoms with Crippen LogP contribution in [0.15, 0.2) is 66.9 Å². The van der Waals surface area contributed by atoms with Gasteiger partial charge in [0.25, 0.3) is 5.69 Å². The Morgan fingerprint density at radius 1 is 1.11 bits per heavy atom. The minimum absolute atomic E-state index is 0.149. The molecule has 140 valence electrons. The first kappa shape index (κ1) is 18.9. The van der Waals surface area contributed by atoms with Crippen molar-refractivity contribution in [2.45, 2.75) is 6.18 Å². The van der Waals surface area contributed by atoms with E-state index in [1.807, 2.05) is 6.07 Å². The van der Waals surface area contributed by atoms with Crippen LogP contribution >= 0.6 is 0 Å². The van der Waals surface area contributed by atoms with E-state index in [1.165, 1.54) is 41.0 Å². The zero-order chi connectivity index (χ0) is 20.3. The summed E-state index contributed by atoms with van der Waals surface area (Å²) >= 11 is 0. The Morgan fingerprint density at radius 2 is 1.86 bits per heavy atom. The van der Waals surface area contributed by atoms with Crippen molar-refractivity contribution in [1.82, 2.24) is 4.57 Å². The molecule has 0 amide bonds. The highest BCUT2D eigenvalue weighted by molar-refractivity contribution is 5.89. The van der Waals surface area contributed by atoms with Crippen molar-refractivity contribution in [2.24, 2.45) is 0 Å². The second kappa shape index (κ2) is 7.40. The zero-order valence-electron chi connectivity index (χ0n) is 14.2. The molecule has 28 heavy (non-hydrogen) atoms. The number of nitro benzene ring substituents is 1. The van der Waals surface area contributed by atoms with E-state index in [0.717, 1.165) is 12.1 Å². The smallest absolute Gasteiger partial charge is 0.317 e. The summed E-state index contributed by atoms with van der Waals surface area (Å²) in [5.74, 6) is 0. The number of nitro groups is 1. The number of nitriles is 1. The summed E-state index contributed by atoms with van der Waals surface area (Å²) in [5.41, 5.74) is 0.286. The van der Waals surface area contributed by atoms with E-state index in [2.05, 4.69) is 0 Å². The average Bonchev–Trinajstić information content (AvgIpc) is 3.14. The van der Waals surface area contributed by atoms with Gasteiger partial charge >= 0.3 is 6.18 Å². The van der Waals surface area contributed by atoms with Crippen LogP contribution in [0.2, 0.25) is 0 Å². The summed E-state index contributed by atoms with van der Waals surface area (Å²) in [5, 5.41) is 20.4. The van der Waals surface area contributed by atoms with Crippen molar-refractivity contribution in [3.63, 3.8) is 0 Å². The molecule has 0 radical (unpaired) electrons. The van der Waals surface area contributed by atoms with Crippen LogP contribution in [0.1, 0.15) is 16.8 Å². The fraction of sp³-hybridized carbons (Fsp3) is 0.0500. The molecule has 0 unspecified atom stereocenters. The molecular formula is C20H12F3N3O2. The Kier molecular flexibility index (Phi) is 5.00. The Morgan fingerprint density at radius 3 is 2.54 bits per heavy atom. The molecule has 8 heteroatoms. The first-order valence-corrected chi connectivity index (χ1v) is 8.01. The molecule has 0 aliphatic heterocycles. The van der Waals surface area contributed by atoms with Crippen LogP contribution in [0.4, 0.5) is 18.9 Å². The van der Waals surface area contributed by atoms with Crippen LogP contribution in [0.5, 0.6) is 0 Å². The lowest BCUT2D eigenvalue weighted by Gasteiger charge is -2.11. The normalized spacial score (nSPS) is 11.9. The molecule has 0 fully saturated rings. The number of nitrogens with zero attached hydrogens (tertiary/aromatic N) is 3. The SMILES string of the molecule is N#CC(=Cc1cccn1-c1cccc(C(F)(F)F)c1)c1cccc([N+](=O)[O-])c1. The summed E-state index contributed by atoms with van der Waals surface area (Å²) < 4.78 is 40.4. The predicted molar refractivity (Wildman–Crippen MR) is 97.4 cm³/mol. The number of hydrogen-bond acceptors (Lipinski definition) is 3. The van der Waals surface area contributed by atoms with Gasteiger partial charge in [-0.25, -0.2) is 0 Å². The molecule has 1 aromatic heterocycles. The van der Waals surface area contributed by atoms with Gasteiger partial charge in [-0.05, 0) is 42.0 Å². The molecule has 5 nitrogen and oxygen atoms in total. The molecule has 0 bridgehead atoms. The fourth-order valence-electron chi connectivity index (χ4n) is 2.69. The molecule has 0 spiro atoms. The molecule has 0 saturated carbocycles. The summed E-state index contributed by atoms with van der Waals surface area (Å²) in [4.78, 5) is 10.4. The number of halogens is 3. The third-order valence-electron chi connectivity index (χ3n) is 4.01. The van der Waals surface area contributed by atoms with Crippen molar-refractivity contribution in [3.8, 4) is 11.8 Å². The number of non-ortho nitro benzene ring substituents is 1. The second-order valence-electron chi connectivity index (χ2n) is 5.83. The highest BCUT2D eigenvalue weighted by atomic mass is 19.4. The molecule has 3 aromatic rings. The van der Waals surface area contributed by atoms with Crippen molar-refractivity contribution in [3.05, 3.63) is 93.8 Å². The first-order valence-electron chi connectivity index (χ1n) is 8.01. The highest BCUT2D eigenvalue weighted by Crippen LogP contribution is 2.31. The molecule has 0 saturated heterocycles.